The number of nitrogens with zero attached hydrogens (tertiary/aromatic N) is 1. The van der Waals surface area contributed by atoms with Crippen LogP contribution in [0.3, 0.4) is 0 Å². The van der Waals surface area contributed by atoms with Gasteiger partial charge in [-0.25, -0.2) is 0 Å². The molecule has 0 radical (unpaired) electrons. The Kier molecular flexibility index (Phi) is 6.32. The van der Waals surface area contributed by atoms with Gasteiger partial charge >= 0.3 is 0 Å². The van der Waals surface area contributed by atoms with Crippen LogP contribution in [-0.4, -0.2) is 29.2 Å². The van der Waals surface area contributed by atoms with Crippen molar-refractivity contribution in [1.29, 1.82) is 0 Å². The molecule has 134 valence electrons. The Morgan fingerprint density at radius 1 is 1.04 bits per heavy atom. The van der Waals surface area contributed by atoms with Crippen molar-refractivity contribution < 1.29 is 5.11 Å². The van der Waals surface area contributed by atoms with Crippen molar-refractivity contribution in [3.63, 3.8) is 0 Å². The van der Waals surface area contributed by atoms with Gasteiger partial charge in [0, 0.05) is 30.0 Å². The van der Waals surface area contributed by atoms with Crippen LogP contribution in [0.15, 0.2) is 59.1 Å². The molecule has 0 aromatic heterocycles. The van der Waals surface area contributed by atoms with Gasteiger partial charge in [-0.1, -0.05) is 72.2 Å². The summed E-state index contributed by atoms with van der Waals surface area (Å²) in [6, 6.07) is 19.1. The molecule has 3 unspecified atom stereocenters. The van der Waals surface area contributed by atoms with Gasteiger partial charge in [0.1, 0.15) is 0 Å². The lowest BCUT2D eigenvalue weighted by Crippen LogP contribution is -2.48. The predicted octanol–water partition coefficient (Wildman–Crippen LogP) is 5.07. The van der Waals surface area contributed by atoms with Crippen molar-refractivity contribution in [2.45, 2.75) is 38.8 Å². The van der Waals surface area contributed by atoms with Gasteiger partial charge in [0.25, 0.3) is 0 Å². The van der Waals surface area contributed by atoms with E-state index in [1.165, 1.54) is 11.1 Å². The van der Waals surface area contributed by atoms with Gasteiger partial charge in [-0.2, -0.15) is 0 Å². The molecule has 1 fully saturated rings. The molecule has 1 aliphatic heterocycles. The van der Waals surface area contributed by atoms with Crippen LogP contribution in [0.5, 0.6) is 0 Å². The number of hydrogen-bond donors (Lipinski definition) is 1. The third-order valence-corrected chi connectivity index (χ3v) is 5.67. The molecule has 0 spiro atoms. The average molecular weight is 402 g/mol. The van der Waals surface area contributed by atoms with Crippen molar-refractivity contribution >= 4 is 15.9 Å². The first kappa shape index (κ1) is 18.6. The van der Waals surface area contributed by atoms with Crippen LogP contribution < -0.4 is 0 Å². The lowest BCUT2D eigenvalue weighted by molar-refractivity contribution is 0.00831. The number of benzene rings is 2. The standard InChI is InChI=1S/C22H28BrNO/c1-16(2)12-19-14-24(13-17-6-4-3-5-7-17)15-21(25)22(19)18-8-10-20(23)11-9-18/h3-11,16,19,21-22,25H,12-15H2,1-2H3. The maximum Gasteiger partial charge on any atom is 0.0738 e. The predicted molar refractivity (Wildman–Crippen MR) is 108 cm³/mol. The van der Waals surface area contributed by atoms with Gasteiger partial charge in [0.05, 0.1) is 6.10 Å². The fraction of sp³-hybridized carbons (Fsp3) is 0.455. The summed E-state index contributed by atoms with van der Waals surface area (Å²) < 4.78 is 1.09. The fourth-order valence-corrected chi connectivity index (χ4v) is 4.45. The second kappa shape index (κ2) is 8.48. The molecule has 3 atom stereocenters. The Balaban J connectivity index is 1.78. The molecule has 0 aliphatic carbocycles. The number of likely N-dealkylation sites (tertiary alicyclic amines) is 1. The SMILES string of the molecule is CC(C)CC1CN(Cc2ccccc2)CC(O)C1c1ccc(Br)cc1. The fourth-order valence-electron chi connectivity index (χ4n) is 4.19. The highest BCUT2D eigenvalue weighted by Gasteiger charge is 2.36. The zero-order chi connectivity index (χ0) is 17.8. The van der Waals surface area contributed by atoms with E-state index in [9.17, 15) is 5.11 Å². The molecule has 0 amide bonds. The number of hydrogen-bond acceptors (Lipinski definition) is 2. The summed E-state index contributed by atoms with van der Waals surface area (Å²) in [5.74, 6) is 1.34. The molecular weight excluding hydrogens is 374 g/mol. The van der Waals surface area contributed by atoms with E-state index in [1.807, 2.05) is 0 Å². The van der Waals surface area contributed by atoms with Crippen LogP contribution in [0.25, 0.3) is 0 Å². The third kappa shape index (κ3) is 4.93. The maximum absolute atomic E-state index is 11.0. The molecule has 0 saturated carbocycles. The summed E-state index contributed by atoms with van der Waals surface area (Å²) in [6.45, 7) is 7.26. The van der Waals surface area contributed by atoms with E-state index < -0.39 is 0 Å². The quantitative estimate of drug-likeness (QED) is 0.755. The van der Waals surface area contributed by atoms with Gasteiger partial charge in [0.15, 0.2) is 0 Å². The summed E-state index contributed by atoms with van der Waals surface area (Å²) in [4.78, 5) is 2.42. The zero-order valence-corrected chi connectivity index (χ0v) is 16.7. The molecule has 0 bridgehead atoms. The molecule has 1 saturated heterocycles. The Hall–Kier alpha value is -1.16. The minimum absolute atomic E-state index is 0.225. The molecule has 2 nitrogen and oxygen atoms in total. The molecule has 2 aromatic carbocycles. The Labute approximate surface area is 160 Å². The van der Waals surface area contributed by atoms with E-state index in [4.69, 9.17) is 0 Å². The van der Waals surface area contributed by atoms with Crippen LogP contribution in [0.4, 0.5) is 0 Å². The monoisotopic (exact) mass is 401 g/mol. The van der Waals surface area contributed by atoms with Crippen molar-refractivity contribution in [1.82, 2.24) is 4.90 Å². The number of aliphatic hydroxyl groups excluding tert-OH is 1. The van der Waals surface area contributed by atoms with Crippen molar-refractivity contribution in [3.8, 4) is 0 Å². The van der Waals surface area contributed by atoms with Crippen LogP contribution in [0.1, 0.15) is 37.3 Å². The minimum Gasteiger partial charge on any atom is -0.391 e. The third-order valence-electron chi connectivity index (χ3n) is 5.14. The zero-order valence-electron chi connectivity index (χ0n) is 15.1. The van der Waals surface area contributed by atoms with Gasteiger partial charge < -0.3 is 5.11 Å². The highest BCUT2D eigenvalue weighted by Crippen LogP contribution is 2.37. The van der Waals surface area contributed by atoms with Gasteiger partial charge in [-0.3, -0.25) is 4.90 Å². The second-order valence-corrected chi connectivity index (χ2v) is 8.63. The van der Waals surface area contributed by atoms with E-state index in [1.54, 1.807) is 0 Å². The largest absolute Gasteiger partial charge is 0.391 e. The topological polar surface area (TPSA) is 23.5 Å². The second-order valence-electron chi connectivity index (χ2n) is 7.71. The summed E-state index contributed by atoms with van der Waals surface area (Å²) in [5, 5.41) is 11.0. The molecular formula is C22H28BrNO. The first-order valence-corrected chi connectivity index (χ1v) is 10.0. The molecule has 1 N–H and O–H groups in total. The minimum atomic E-state index is -0.317. The lowest BCUT2D eigenvalue weighted by Gasteiger charge is -2.43. The Morgan fingerprint density at radius 3 is 2.36 bits per heavy atom. The van der Waals surface area contributed by atoms with Crippen LogP contribution >= 0.6 is 15.9 Å². The van der Waals surface area contributed by atoms with E-state index in [-0.39, 0.29) is 12.0 Å². The number of β-amino-alcohol motifs (C(OH)–C–C–N with tert-alkyl or cyclic N) is 1. The Bertz CT molecular complexity index is 655. The molecule has 3 rings (SSSR count). The number of aliphatic hydroxyl groups is 1. The van der Waals surface area contributed by atoms with Gasteiger partial charge in [-0.05, 0) is 41.5 Å². The number of piperidine rings is 1. The molecule has 25 heavy (non-hydrogen) atoms. The summed E-state index contributed by atoms with van der Waals surface area (Å²) in [7, 11) is 0. The summed E-state index contributed by atoms with van der Waals surface area (Å²) in [6.07, 6.45) is 0.825. The van der Waals surface area contributed by atoms with Crippen molar-refractivity contribution in [2.75, 3.05) is 13.1 Å². The summed E-state index contributed by atoms with van der Waals surface area (Å²) in [5.41, 5.74) is 2.58. The summed E-state index contributed by atoms with van der Waals surface area (Å²) >= 11 is 3.52. The van der Waals surface area contributed by atoms with Gasteiger partial charge in [-0.15, -0.1) is 0 Å². The van der Waals surface area contributed by atoms with Crippen LogP contribution in [-0.2, 0) is 6.54 Å². The van der Waals surface area contributed by atoms with Crippen LogP contribution in [0.2, 0.25) is 0 Å². The molecule has 2 aromatic rings. The highest BCUT2D eigenvalue weighted by atomic mass is 79.9. The van der Waals surface area contributed by atoms with Crippen molar-refractivity contribution in [3.05, 3.63) is 70.2 Å². The van der Waals surface area contributed by atoms with E-state index in [0.29, 0.717) is 11.8 Å². The smallest absolute Gasteiger partial charge is 0.0738 e. The van der Waals surface area contributed by atoms with E-state index in [0.717, 1.165) is 30.5 Å². The Morgan fingerprint density at radius 2 is 1.72 bits per heavy atom. The number of halogens is 1. The average Bonchev–Trinajstić information content (AvgIpc) is 2.56. The van der Waals surface area contributed by atoms with E-state index >= 15 is 0 Å². The first-order valence-electron chi connectivity index (χ1n) is 9.22. The van der Waals surface area contributed by atoms with Crippen molar-refractivity contribution in [2.24, 2.45) is 11.8 Å². The van der Waals surface area contributed by atoms with Gasteiger partial charge in [0.2, 0.25) is 0 Å². The molecule has 1 heterocycles. The maximum atomic E-state index is 11.0. The van der Waals surface area contributed by atoms with Crippen LogP contribution in [0, 0.1) is 11.8 Å². The van der Waals surface area contributed by atoms with E-state index in [2.05, 4.69) is 89.3 Å². The molecule has 3 heteroatoms. The molecule has 1 aliphatic rings. The first-order chi connectivity index (χ1) is 12.0. The normalized spacial score (nSPS) is 24.6. The lowest BCUT2D eigenvalue weighted by atomic mass is 9.75. The number of rotatable bonds is 5. The highest BCUT2D eigenvalue weighted by molar-refractivity contribution is 9.10.